The van der Waals surface area contributed by atoms with Crippen molar-refractivity contribution < 1.29 is 14.3 Å². The first-order valence-electron chi connectivity index (χ1n) is 13.5. The molecule has 2 heterocycles. The number of esters is 1. The topological polar surface area (TPSA) is 131 Å². The number of hydrogen-bond acceptors (Lipinski definition) is 8. The molecule has 2 fully saturated rings. The summed E-state index contributed by atoms with van der Waals surface area (Å²) in [5, 5.41) is 10.5. The fraction of sp³-hybridized carbons (Fsp3) is 0.379. The largest absolute Gasteiger partial charge is 0.461 e. The number of hydrogen-bond donors (Lipinski definition) is 4. The van der Waals surface area contributed by atoms with E-state index in [2.05, 4.69) is 25.9 Å². The number of carbonyl (C=O) groups is 2. The van der Waals surface area contributed by atoms with E-state index in [1.807, 2.05) is 6.07 Å². The van der Waals surface area contributed by atoms with Gasteiger partial charge in [0.2, 0.25) is 0 Å². The number of halogens is 2. The number of rotatable bonds is 8. The molecule has 11 heteroatoms. The Bertz CT molecular complexity index is 1360. The molecule has 1 aliphatic carbocycles. The quantitative estimate of drug-likeness (QED) is 0.273. The molecule has 5 rings (SSSR count). The van der Waals surface area contributed by atoms with Crippen LogP contribution in [0.4, 0.5) is 11.6 Å². The average Bonchev–Trinajstić information content (AvgIpc) is 3.47. The van der Waals surface area contributed by atoms with Gasteiger partial charge in [-0.05, 0) is 69.3 Å². The van der Waals surface area contributed by atoms with Crippen LogP contribution < -0.4 is 21.7 Å². The first-order chi connectivity index (χ1) is 19.4. The second-order valence-corrected chi connectivity index (χ2v) is 11.0. The molecule has 3 aromatic rings. The van der Waals surface area contributed by atoms with Gasteiger partial charge in [0.1, 0.15) is 12.1 Å². The van der Waals surface area contributed by atoms with Gasteiger partial charge < -0.3 is 26.4 Å². The van der Waals surface area contributed by atoms with Crippen molar-refractivity contribution in [2.45, 2.75) is 63.3 Å². The monoisotopic (exact) mass is 582 g/mol. The summed E-state index contributed by atoms with van der Waals surface area (Å²) in [7, 11) is 0. The first-order valence-corrected chi connectivity index (χ1v) is 14.3. The predicted molar refractivity (Wildman–Crippen MR) is 156 cm³/mol. The summed E-state index contributed by atoms with van der Waals surface area (Å²) in [5.41, 5.74) is 8.53. The number of amides is 1. The Morgan fingerprint density at radius 3 is 2.60 bits per heavy atom. The zero-order chi connectivity index (χ0) is 28.1. The number of carbonyl (C=O) groups excluding carboxylic acids is 2. The Morgan fingerprint density at radius 2 is 1.82 bits per heavy atom. The number of nitrogens with zero attached hydrogens (tertiary/aromatic N) is 2. The highest BCUT2D eigenvalue weighted by Crippen LogP contribution is 2.27. The van der Waals surface area contributed by atoms with E-state index in [9.17, 15) is 9.59 Å². The highest BCUT2D eigenvalue weighted by molar-refractivity contribution is 6.36. The number of anilines is 2. The Balaban J connectivity index is 1.23. The van der Waals surface area contributed by atoms with Crippen molar-refractivity contribution in [3.05, 3.63) is 69.8 Å². The molecule has 5 N–H and O–H groups in total. The van der Waals surface area contributed by atoms with E-state index >= 15 is 0 Å². The molecule has 2 aromatic carbocycles. The number of nitrogens with two attached hydrogens (primary N) is 1. The third-order valence-electron chi connectivity index (χ3n) is 7.32. The lowest BCUT2D eigenvalue weighted by Crippen LogP contribution is -2.51. The molecule has 0 radical (unpaired) electrons. The smallest absolute Gasteiger partial charge is 0.323 e. The van der Waals surface area contributed by atoms with Crippen LogP contribution in [0.1, 0.15) is 54.4 Å². The summed E-state index contributed by atoms with van der Waals surface area (Å²) < 4.78 is 5.67. The van der Waals surface area contributed by atoms with Crippen LogP contribution in [0.3, 0.4) is 0 Å². The Morgan fingerprint density at radius 1 is 1.07 bits per heavy atom. The molecule has 1 aliphatic heterocycles. The normalized spacial score (nSPS) is 19.2. The fourth-order valence-corrected chi connectivity index (χ4v) is 5.64. The van der Waals surface area contributed by atoms with Crippen molar-refractivity contribution in [3.63, 3.8) is 0 Å². The molecule has 1 saturated carbocycles. The highest BCUT2D eigenvalue weighted by Gasteiger charge is 2.31. The molecule has 2 aliphatic rings. The zero-order valence-corrected chi connectivity index (χ0v) is 23.5. The second-order valence-electron chi connectivity index (χ2n) is 10.2. The fourth-order valence-electron chi connectivity index (χ4n) is 5.11. The maximum absolute atomic E-state index is 13.2. The Hall–Kier alpha value is -3.40. The lowest BCUT2D eigenvalue weighted by atomic mass is 9.98. The molecule has 0 spiro atoms. The average molecular weight is 584 g/mol. The van der Waals surface area contributed by atoms with Gasteiger partial charge in [0, 0.05) is 39.3 Å². The van der Waals surface area contributed by atoms with Crippen molar-refractivity contribution in [1.29, 1.82) is 0 Å². The molecule has 2 atom stereocenters. The summed E-state index contributed by atoms with van der Waals surface area (Å²) >= 11 is 12.6. The zero-order valence-electron chi connectivity index (χ0n) is 22.0. The number of benzene rings is 2. The molecule has 40 heavy (non-hydrogen) atoms. The number of aromatic nitrogens is 2. The van der Waals surface area contributed by atoms with Crippen molar-refractivity contribution in [2.75, 3.05) is 17.6 Å². The van der Waals surface area contributed by atoms with Gasteiger partial charge >= 0.3 is 5.97 Å². The van der Waals surface area contributed by atoms with Crippen LogP contribution in [0.25, 0.3) is 11.3 Å². The number of piperidine rings is 1. The van der Waals surface area contributed by atoms with Gasteiger partial charge in [0.05, 0.1) is 11.9 Å². The molecule has 1 amide bonds. The molecule has 1 saturated heterocycles. The van der Waals surface area contributed by atoms with Crippen LogP contribution in [-0.2, 0) is 16.1 Å². The van der Waals surface area contributed by atoms with Gasteiger partial charge in [-0.1, -0.05) is 41.4 Å². The summed E-state index contributed by atoms with van der Waals surface area (Å²) in [6, 6.07) is 11.9. The Labute approximate surface area is 243 Å². The summed E-state index contributed by atoms with van der Waals surface area (Å²) in [6.07, 6.45) is 6.87. The lowest BCUT2D eigenvalue weighted by Gasteiger charge is -2.30. The molecule has 1 aromatic heterocycles. The minimum Gasteiger partial charge on any atom is -0.461 e. The van der Waals surface area contributed by atoms with Gasteiger partial charge in [-0.15, -0.1) is 0 Å². The molecule has 0 bridgehead atoms. The van der Waals surface area contributed by atoms with E-state index < -0.39 is 6.04 Å². The van der Waals surface area contributed by atoms with Crippen LogP contribution in [0.15, 0.2) is 48.7 Å². The molecule has 210 valence electrons. The first kappa shape index (κ1) is 28.1. The van der Waals surface area contributed by atoms with Crippen LogP contribution in [0.2, 0.25) is 10.0 Å². The maximum atomic E-state index is 13.2. The second kappa shape index (κ2) is 12.8. The van der Waals surface area contributed by atoms with Gasteiger partial charge in [0.15, 0.2) is 11.6 Å². The Kier molecular flexibility index (Phi) is 9.04. The number of nitrogens with one attached hydrogen (secondary N) is 3. The molecule has 2 unspecified atom stereocenters. The van der Waals surface area contributed by atoms with Crippen molar-refractivity contribution in [3.8, 4) is 11.3 Å². The molecular formula is C29H32Cl2N6O3. The molecular weight excluding hydrogens is 551 g/mol. The molecule has 9 nitrogen and oxygen atoms in total. The third kappa shape index (κ3) is 6.83. The number of ether oxygens (including phenoxy) is 1. The van der Waals surface area contributed by atoms with Gasteiger partial charge in [0.25, 0.3) is 5.91 Å². The van der Waals surface area contributed by atoms with E-state index in [1.165, 1.54) is 0 Å². The van der Waals surface area contributed by atoms with Crippen molar-refractivity contribution >= 4 is 46.7 Å². The van der Waals surface area contributed by atoms with E-state index in [0.717, 1.165) is 37.7 Å². The van der Waals surface area contributed by atoms with E-state index in [-0.39, 0.29) is 29.8 Å². The standard InChI is InChI=1S/C29H32Cl2N6O3/c30-22-9-4-10-23(31)21(22)15-35-27-26(32)34-16-25(37-27)17-5-3-6-18(13-17)28(38)36-19-11-12-33-24(14-19)29(39)40-20-7-1-2-8-20/h3-6,9-10,13,16,19-20,24,33H,1-2,7-8,11-12,14-15H2,(H2,32,34)(H,35,37)(H,36,38). The summed E-state index contributed by atoms with van der Waals surface area (Å²) in [5.74, 6) is 0.170. The van der Waals surface area contributed by atoms with Crippen LogP contribution >= 0.6 is 23.2 Å². The lowest BCUT2D eigenvalue weighted by molar-refractivity contribution is -0.152. The highest BCUT2D eigenvalue weighted by atomic mass is 35.5. The minimum absolute atomic E-state index is 0.0214. The van der Waals surface area contributed by atoms with E-state index in [4.69, 9.17) is 33.7 Å². The summed E-state index contributed by atoms with van der Waals surface area (Å²) in [6.45, 7) is 0.945. The van der Waals surface area contributed by atoms with Crippen LogP contribution in [-0.4, -0.2) is 46.6 Å². The van der Waals surface area contributed by atoms with E-state index in [1.54, 1.807) is 42.6 Å². The van der Waals surface area contributed by atoms with E-state index in [0.29, 0.717) is 52.2 Å². The van der Waals surface area contributed by atoms with Crippen LogP contribution in [0, 0.1) is 0 Å². The van der Waals surface area contributed by atoms with Gasteiger partial charge in [-0.2, -0.15) is 0 Å². The predicted octanol–water partition coefficient (Wildman–Crippen LogP) is 4.98. The van der Waals surface area contributed by atoms with Crippen molar-refractivity contribution in [2.24, 2.45) is 0 Å². The maximum Gasteiger partial charge on any atom is 0.323 e. The van der Waals surface area contributed by atoms with Gasteiger partial charge in [-0.3, -0.25) is 9.59 Å². The van der Waals surface area contributed by atoms with Crippen molar-refractivity contribution in [1.82, 2.24) is 20.6 Å². The summed E-state index contributed by atoms with van der Waals surface area (Å²) in [4.78, 5) is 34.7. The SMILES string of the molecule is Nc1ncc(-c2cccc(C(=O)NC3CCNC(C(=O)OC4CCCC4)C3)c2)nc1NCc1c(Cl)cccc1Cl. The van der Waals surface area contributed by atoms with Crippen LogP contribution in [0.5, 0.6) is 0 Å². The number of nitrogen functional groups attached to an aromatic ring is 1. The van der Waals surface area contributed by atoms with Gasteiger partial charge in [-0.25, -0.2) is 9.97 Å². The minimum atomic E-state index is -0.414. The third-order valence-corrected chi connectivity index (χ3v) is 8.03.